The van der Waals surface area contributed by atoms with Gasteiger partial charge in [-0.2, -0.15) is 0 Å². The Balaban J connectivity index is 3.23. The molecular weight excluding hydrogens is 184 g/mol. The van der Waals surface area contributed by atoms with Crippen molar-refractivity contribution < 1.29 is 19.7 Å². The van der Waals surface area contributed by atoms with Crippen molar-refractivity contribution in [3.63, 3.8) is 0 Å². The molecule has 0 amide bonds. The third-order valence-corrected chi connectivity index (χ3v) is 2.07. The molecule has 4 heteroatoms. The zero-order valence-electron chi connectivity index (χ0n) is 8.02. The average Bonchev–Trinajstić information content (AvgIpc) is 2.16. The summed E-state index contributed by atoms with van der Waals surface area (Å²) < 4.78 is 4.97. The summed E-state index contributed by atoms with van der Waals surface area (Å²) in [7, 11) is 1.44. The number of aromatic hydroxyl groups is 1. The van der Waals surface area contributed by atoms with Gasteiger partial charge < -0.3 is 14.9 Å². The number of carbonyl (C=O) groups is 1. The van der Waals surface area contributed by atoms with Gasteiger partial charge in [0.05, 0.1) is 13.0 Å². The van der Waals surface area contributed by atoms with Crippen LogP contribution in [0.5, 0.6) is 11.5 Å². The molecule has 4 nitrogen and oxygen atoms in total. The Morgan fingerprint density at radius 3 is 2.64 bits per heavy atom. The molecular formula is C10H12O4. The third kappa shape index (κ3) is 1.79. The summed E-state index contributed by atoms with van der Waals surface area (Å²) in [5.74, 6) is -1.45. The minimum absolute atomic E-state index is 0.0562. The summed E-state index contributed by atoms with van der Waals surface area (Å²) in [6, 6.07) is 4.66. The quantitative estimate of drug-likeness (QED) is 0.770. The molecule has 2 N–H and O–H groups in total. The maximum atomic E-state index is 10.8. The number of ether oxygens (including phenoxy) is 1. The van der Waals surface area contributed by atoms with Crippen LogP contribution in [0, 0.1) is 0 Å². The number of benzene rings is 1. The fourth-order valence-corrected chi connectivity index (χ4v) is 1.27. The number of methoxy groups -OCH3 is 1. The van der Waals surface area contributed by atoms with Crippen LogP contribution in [0.1, 0.15) is 18.4 Å². The molecule has 0 heterocycles. The van der Waals surface area contributed by atoms with Gasteiger partial charge in [-0.25, -0.2) is 0 Å². The van der Waals surface area contributed by atoms with E-state index in [0.717, 1.165) is 0 Å². The summed E-state index contributed by atoms with van der Waals surface area (Å²) in [4.78, 5) is 10.8. The first-order valence-electron chi connectivity index (χ1n) is 4.16. The highest BCUT2D eigenvalue weighted by Crippen LogP contribution is 2.34. The number of phenols is 1. The Labute approximate surface area is 81.8 Å². The second-order valence-corrected chi connectivity index (χ2v) is 2.95. The zero-order valence-corrected chi connectivity index (χ0v) is 8.02. The number of carboxylic acid groups (broad SMARTS) is 1. The number of hydrogen-bond donors (Lipinski definition) is 2. The third-order valence-electron chi connectivity index (χ3n) is 2.07. The maximum absolute atomic E-state index is 10.8. The summed E-state index contributed by atoms with van der Waals surface area (Å²) in [5, 5.41) is 18.3. The van der Waals surface area contributed by atoms with Crippen molar-refractivity contribution in [2.45, 2.75) is 12.8 Å². The van der Waals surface area contributed by atoms with Crippen molar-refractivity contribution in [1.29, 1.82) is 0 Å². The summed E-state index contributed by atoms with van der Waals surface area (Å²) in [6.45, 7) is 1.50. The second kappa shape index (κ2) is 4.00. The molecule has 1 atom stereocenters. The lowest BCUT2D eigenvalue weighted by molar-refractivity contribution is -0.138. The number of rotatable bonds is 3. The summed E-state index contributed by atoms with van der Waals surface area (Å²) >= 11 is 0. The van der Waals surface area contributed by atoms with Crippen LogP contribution in [0.2, 0.25) is 0 Å². The van der Waals surface area contributed by atoms with Crippen molar-refractivity contribution in [2.24, 2.45) is 0 Å². The van der Waals surface area contributed by atoms with Crippen LogP contribution in [0.15, 0.2) is 18.2 Å². The molecule has 76 valence electrons. The first-order valence-corrected chi connectivity index (χ1v) is 4.16. The number of carboxylic acids is 1. The highest BCUT2D eigenvalue weighted by atomic mass is 16.5. The molecule has 0 radical (unpaired) electrons. The predicted octanol–water partition coefficient (Wildman–Crippen LogP) is 1.59. The molecule has 0 bridgehead atoms. The van der Waals surface area contributed by atoms with Gasteiger partial charge in [-0.05, 0) is 19.1 Å². The van der Waals surface area contributed by atoms with Crippen molar-refractivity contribution in [3.05, 3.63) is 23.8 Å². The summed E-state index contributed by atoms with van der Waals surface area (Å²) in [5.41, 5.74) is 0.308. The fraction of sp³-hybridized carbons (Fsp3) is 0.300. The van der Waals surface area contributed by atoms with Gasteiger partial charge in [0.1, 0.15) is 11.5 Å². The van der Waals surface area contributed by atoms with Gasteiger partial charge >= 0.3 is 5.97 Å². The van der Waals surface area contributed by atoms with Crippen LogP contribution < -0.4 is 4.74 Å². The molecule has 0 saturated heterocycles. The average molecular weight is 196 g/mol. The molecule has 1 aromatic carbocycles. The van der Waals surface area contributed by atoms with E-state index in [9.17, 15) is 9.90 Å². The van der Waals surface area contributed by atoms with E-state index in [2.05, 4.69) is 0 Å². The normalized spacial score (nSPS) is 12.1. The van der Waals surface area contributed by atoms with Gasteiger partial charge in [0.2, 0.25) is 0 Å². The smallest absolute Gasteiger partial charge is 0.310 e. The van der Waals surface area contributed by atoms with Crippen molar-refractivity contribution in [1.82, 2.24) is 0 Å². The minimum atomic E-state index is -0.996. The molecule has 0 saturated carbocycles. The lowest BCUT2D eigenvalue weighted by Crippen LogP contribution is -2.09. The fourth-order valence-electron chi connectivity index (χ4n) is 1.27. The molecule has 14 heavy (non-hydrogen) atoms. The molecule has 0 aliphatic carbocycles. The molecule has 1 rings (SSSR count). The van der Waals surface area contributed by atoms with E-state index in [-0.39, 0.29) is 5.75 Å². The zero-order chi connectivity index (χ0) is 10.7. The molecule has 0 aliphatic heterocycles. The largest absolute Gasteiger partial charge is 0.508 e. The van der Waals surface area contributed by atoms with E-state index in [4.69, 9.17) is 9.84 Å². The molecule has 1 unspecified atom stereocenters. The van der Waals surface area contributed by atoms with Gasteiger partial charge in [-0.1, -0.05) is 6.07 Å². The standard InChI is InChI=1S/C10H12O4/c1-6(10(12)13)9-7(11)4-3-5-8(9)14-2/h3-6,11H,1-2H3,(H,12,13). The highest BCUT2D eigenvalue weighted by Gasteiger charge is 2.21. The van der Waals surface area contributed by atoms with Gasteiger partial charge in [0.15, 0.2) is 0 Å². The topological polar surface area (TPSA) is 66.8 Å². The lowest BCUT2D eigenvalue weighted by Gasteiger charge is -2.13. The molecule has 0 aliphatic rings. The Morgan fingerprint density at radius 2 is 2.14 bits per heavy atom. The van der Waals surface area contributed by atoms with Crippen LogP contribution >= 0.6 is 0 Å². The van der Waals surface area contributed by atoms with Crippen molar-refractivity contribution in [2.75, 3.05) is 7.11 Å². The Bertz CT molecular complexity index is 346. The van der Waals surface area contributed by atoms with E-state index in [0.29, 0.717) is 11.3 Å². The predicted molar refractivity (Wildman–Crippen MR) is 50.7 cm³/mol. The minimum Gasteiger partial charge on any atom is -0.508 e. The number of hydrogen-bond acceptors (Lipinski definition) is 3. The number of aliphatic carboxylic acids is 1. The van der Waals surface area contributed by atoms with Crippen LogP contribution in [0.4, 0.5) is 0 Å². The molecule has 0 fully saturated rings. The monoisotopic (exact) mass is 196 g/mol. The van der Waals surface area contributed by atoms with Gasteiger partial charge in [0, 0.05) is 5.56 Å². The van der Waals surface area contributed by atoms with E-state index >= 15 is 0 Å². The molecule has 0 aromatic heterocycles. The van der Waals surface area contributed by atoms with Gasteiger partial charge in [0.25, 0.3) is 0 Å². The molecule has 1 aromatic rings. The van der Waals surface area contributed by atoms with E-state index in [1.807, 2.05) is 0 Å². The van der Waals surface area contributed by atoms with Crippen LogP contribution in [-0.2, 0) is 4.79 Å². The summed E-state index contributed by atoms with van der Waals surface area (Å²) in [6.07, 6.45) is 0. The van der Waals surface area contributed by atoms with Crippen LogP contribution in [0.25, 0.3) is 0 Å². The van der Waals surface area contributed by atoms with Gasteiger partial charge in [-0.3, -0.25) is 4.79 Å². The van der Waals surface area contributed by atoms with Gasteiger partial charge in [-0.15, -0.1) is 0 Å². The number of phenolic OH excluding ortho intramolecular Hbond substituents is 1. The van der Waals surface area contributed by atoms with E-state index in [1.54, 1.807) is 12.1 Å². The Morgan fingerprint density at radius 1 is 1.50 bits per heavy atom. The highest BCUT2D eigenvalue weighted by molar-refractivity contribution is 5.78. The Hall–Kier alpha value is -1.71. The Kier molecular flexibility index (Phi) is 2.96. The maximum Gasteiger partial charge on any atom is 0.310 e. The van der Waals surface area contributed by atoms with Crippen molar-refractivity contribution in [3.8, 4) is 11.5 Å². The van der Waals surface area contributed by atoms with Crippen molar-refractivity contribution >= 4 is 5.97 Å². The van der Waals surface area contributed by atoms with E-state index in [1.165, 1.54) is 20.1 Å². The molecule has 0 spiro atoms. The van der Waals surface area contributed by atoms with E-state index < -0.39 is 11.9 Å². The van der Waals surface area contributed by atoms with Crippen LogP contribution in [-0.4, -0.2) is 23.3 Å². The lowest BCUT2D eigenvalue weighted by atomic mass is 9.99. The van der Waals surface area contributed by atoms with Crippen LogP contribution in [0.3, 0.4) is 0 Å². The SMILES string of the molecule is COc1cccc(O)c1C(C)C(=O)O. The second-order valence-electron chi connectivity index (χ2n) is 2.95. The first kappa shape index (κ1) is 10.4. The first-order chi connectivity index (χ1) is 6.57.